The van der Waals surface area contributed by atoms with E-state index in [-0.39, 0.29) is 24.1 Å². The first-order valence-corrected chi connectivity index (χ1v) is 5.77. The molecular weight excluding hydrogens is 236 g/mol. The van der Waals surface area contributed by atoms with Gasteiger partial charge < -0.3 is 15.0 Å². The normalized spacial score (nSPS) is 13.4. The van der Waals surface area contributed by atoms with Crippen LogP contribution in [0.15, 0.2) is 6.07 Å². The van der Waals surface area contributed by atoms with Crippen LogP contribution in [0.4, 0.5) is 0 Å². The monoisotopic (exact) mass is 252 g/mol. The zero-order valence-electron chi connectivity index (χ0n) is 10.5. The number of hydrogen-bond donors (Lipinski definition) is 1. The van der Waals surface area contributed by atoms with E-state index in [0.717, 1.165) is 13.0 Å². The van der Waals surface area contributed by atoms with Crippen LogP contribution in [0.5, 0.6) is 5.88 Å². The molecule has 0 unspecified atom stereocenters. The van der Waals surface area contributed by atoms with Crippen LogP contribution in [0.3, 0.4) is 0 Å². The molecule has 0 saturated carbocycles. The van der Waals surface area contributed by atoms with E-state index in [1.165, 1.54) is 4.90 Å². The van der Waals surface area contributed by atoms with Gasteiger partial charge in [-0.2, -0.15) is 5.10 Å². The molecule has 0 aromatic carbocycles. The topological polar surface area (TPSA) is 76.5 Å². The van der Waals surface area contributed by atoms with Crippen molar-refractivity contribution < 1.29 is 14.3 Å². The molecule has 0 aliphatic carbocycles. The van der Waals surface area contributed by atoms with Crippen molar-refractivity contribution in [3.05, 3.63) is 11.8 Å². The highest BCUT2D eigenvalue weighted by Gasteiger charge is 2.18. The standard InChI is InChI=1S/C11H16N4O3/c1-14(2)9(16)7-12-11(17)8-6-10-15(13-8)4-3-5-18-10/h6H,3-5,7H2,1-2H3,(H,12,17). The van der Waals surface area contributed by atoms with Gasteiger partial charge in [0.2, 0.25) is 11.8 Å². The minimum atomic E-state index is -0.365. The molecule has 98 valence electrons. The first-order chi connectivity index (χ1) is 8.58. The highest BCUT2D eigenvalue weighted by atomic mass is 16.5. The number of nitrogens with zero attached hydrogens (tertiary/aromatic N) is 3. The minimum absolute atomic E-state index is 0.0329. The van der Waals surface area contributed by atoms with Gasteiger partial charge in [0.1, 0.15) is 0 Å². The zero-order chi connectivity index (χ0) is 13.1. The van der Waals surface area contributed by atoms with E-state index in [2.05, 4.69) is 10.4 Å². The van der Waals surface area contributed by atoms with Crippen molar-refractivity contribution in [1.82, 2.24) is 20.0 Å². The van der Waals surface area contributed by atoms with Crippen LogP contribution in [0, 0.1) is 0 Å². The van der Waals surface area contributed by atoms with Crippen molar-refractivity contribution >= 4 is 11.8 Å². The lowest BCUT2D eigenvalue weighted by molar-refractivity contribution is -0.127. The molecule has 1 N–H and O–H groups in total. The minimum Gasteiger partial charge on any atom is -0.478 e. The number of likely N-dealkylation sites (N-methyl/N-ethyl adjacent to an activating group) is 1. The second-order valence-electron chi connectivity index (χ2n) is 4.26. The Labute approximate surface area is 105 Å². The summed E-state index contributed by atoms with van der Waals surface area (Å²) in [6, 6.07) is 1.59. The van der Waals surface area contributed by atoms with Gasteiger partial charge in [0.15, 0.2) is 5.69 Å². The largest absolute Gasteiger partial charge is 0.478 e. The van der Waals surface area contributed by atoms with Gasteiger partial charge in [-0.1, -0.05) is 0 Å². The average molecular weight is 252 g/mol. The number of rotatable bonds is 3. The van der Waals surface area contributed by atoms with Gasteiger partial charge in [0.25, 0.3) is 5.91 Å². The molecule has 0 spiro atoms. The summed E-state index contributed by atoms with van der Waals surface area (Å²) in [5, 5.41) is 6.66. The summed E-state index contributed by atoms with van der Waals surface area (Å²) >= 11 is 0. The van der Waals surface area contributed by atoms with Gasteiger partial charge in [-0.15, -0.1) is 0 Å². The summed E-state index contributed by atoms with van der Waals surface area (Å²) in [6.07, 6.45) is 0.884. The van der Waals surface area contributed by atoms with Crippen molar-refractivity contribution in [2.75, 3.05) is 27.2 Å². The molecule has 2 heterocycles. The van der Waals surface area contributed by atoms with E-state index in [4.69, 9.17) is 4.74 Å². The van der Waals surface area contributed by atoms with Gasteiger partial charge in [-0.3, -0.25) is 9.59 Å². The number of fused-ring (bicyclic) bond motifs is 1. The predicted molar refractivity (Wildman–Crippen MR) is 63.4 cm³/mol. The number of hydrogen-bond acceptors (Lipinski definition) is 4. The van der Waals surface area contributed by atoms with Crippen molar-refractivity contribution in [1.29, 1.82) is 0 Å². The van der Waals surface area contributed by atoms with Crippen molar-refractivity contribution in [2.45, 2.75) is 13.0 Å². The number of nitrogens with one attached hydrogen (secondary N) is 1. The number of amides is 2. The van der Waals surface area contributed by atoms with Crippen LogP contribution in [-0.2, 0) is 11.3 Å². The van der Waals surface area contributed by atoms with Crippen LogP contribution in [0.25, 0.3) is 0 Å². The molecule has 1 aliphatic heterocycles. The van der Waals surface area contributed by atoms with Crippen LogP contribution in [0.1, 0.15) is 16.9 Å². The van der Waals surface area contributed by atoms with Gasteiger partial charge in [-0.05, 0) is 0 Å². The Hall–Kier alpha value is -2.05. The van der Waals surface area contributed by atoms with Crippen LogP contribution < -0.4 is 10.1 Å². The zero-order valence-corrected chi connectivity index (χ0v) is 10.5. The van der Waals surface area contributed by atoms with E-state index in [1.807, 2.05) is 0 Å². The van der Waals surface area contributed by atoms with Crippen molar-refractivity contribution in [3.63, 3.8) is 0 Å². The van der Waals surface area contributed by atoms with Gasteiger partial charge >= 0.3 is 0 Å². The molecule has 7 heteroatoms. The summed E-state index contributed by atoms with van der Waals surface area (Å²) < 4.78 is 7.02. The molecule has 0 fully saturated rings. The molecule has 1 aliphatic rings. The average Bonchev–Trinajstić information content (AvgIpc) is 2.79. The third kappa shape index (κ3) is 2.61. The molecule has 7 nitrogen and oxygen atoms in total. The molecule has 0 saturated heterocycles. The Bertz CT molecular complexity index is 443. The SMILES string of the molecule is CN(C)C(=O)CNC(=O)c1cc2n(n1)CCCO2. The third-order valence-corrected chi connectivity index (χ3v) is 2.64. The van der Waals surface area contributed by atoms with E-state index in [9.17, 15) is 9.59 Å². The number of carbonyl (C=O) groups is 2. The molecular formula is C11H16N4O3. The molecule has 1 aromatic rings. The third-order valence-electron chi connectivity index (χ3n) is 2.64. The number of aromatic nitrogens is 2. The van der Waals surface area contributed by atoms with Crippen LogP contribution >= 0.6 is 0 Å². The Morgan fingerprint density at radius 3 is 3.00 bits per heavy atom. The second-order valence-corrected chi connectivity index (χ2v) is 4.26. The van der Waals surface area contributed by atoms with Gasteiger partial charge in [0.05, 0.1) is 13.2 Å². The van der Waals surface area contributed by atoms with Gasteiger partial charge in [0, 0.05) is 33.1 Å². The summed E-state index contributed by atoms with van der Waals surface area (Å²) in [5.41, 5.74) is 0.276. The lowest BCUT2D eigenvalue weighted by atomic mass is 10.4. The molecule has 2 amide bonds. The number of carbonyl (C=O) groups excluding carboxylic acids is 2. The Morgan fingerprint density at radius 2 is 2.33 bits per heavy atom. The summed E-state index contributed by atoms with van der Waals surface area (Å²) in [5.74, 6) is 0.0737. The lowest BCUT2D eigenvalue weighted by Gasteiger charge is -2.13. The Balaban J connectivity index is 1.97. The lowest BCUT2D eigenvalue weighted by Crippen LogP contribution is -2.36. The second kappa shape index (κ2) is 5.07. The fourth-order valence-corrected chi connectivity index (χ4v) is 1.58. The number of ether oxygens (including phenoxy) is 1. The van der Waals surface area contributed by atoms with Crippen LogP contribution in [-0.4, -0.2) is 53.7 Å². The summed E-state index contributed by atoms with van der Waals surface area (Å²) in [6.45, 7) is 1.36. The highest BCUT2D eigenvalue weighted by Crippen LogP contribution is 2.17. The van der Waals surface area contributed by atoms with E-state index in [1.54, 1.807) is 24.8 Å². The predicted octanol–water partition coefficient (Wildman–Crippen LogP) is -0.516. The molecule has 1 aromatic heterocycles. The Morgan fingerprint density at radius 1 is 1.56 bits per heavy atom. The summed E-state index contributed by atoms with van der Waals surface area (Å²) in [4.78, 5) is 24.5. The van der Waals surface area contributed by atoms with Crippen molar-refractivity contribution in [3.8, 4) is 5.88 Å². The quantitative estimate of drug-likeness (QED) is 0.785. The molecule has 2 rings (SSSR count). The highest BCUT2D eigenvalue weighted by molar-refractivity contribution is 5.95. The van der Waals surface area contributed by atoms with Crippen LogP contribution in [0.2, 0.25) is 0 Å². The Kier molecular flexibility index (Phi) is 3.50. The molecule has 0 bridgehead atoms. The fraction of sp³-hybridized carbons (Fsp3) is 0.545. The van der Waals surface area contributed by atoms with Crippen molar-refractivity contribution in [2.24, 2.45) is 0 Å². The van der Waals surface area contributed by atoms with E-state index >= 15 is 0 Å². The maximum Gasteiger partial charge on any atom is 0.272 e. The molecule has 0 atom stereocenters. The smallest absolute Gasteiger partial charge is 0.272 e. The first kappa shape index (κ1) is 12.4. The van der Waals surface area contributed by atoms with E-state index in [0.29, 0.717) is 12.5 Å². The number of aryl methyl sites for hydroxylation is 1. The molecule has 0 radical (unpaired) electrons. The van der Waals surface area contributed by atoms with E-state index < -0.39 is 0 Å². The maximum absolute atomic E-state index is 11.8. The molecule has 18 heavy (non-hydrogen) atoms. The van der Waals surface area contributed by atoms with Gasteiger partial charge in [-0.25, -0.2) is 4.68 Å². The first-order valence-electron chi connectivity index (χ1n) is 5.77. The maximum atomic E-state index is 11.8. The summed E-state index contributed by atoms with van der Waals surface area (Å²) in [7, 11) is 3.27. The fourth-order valence-electron chi connectivity index (χ4n) is 1.58.